The number of nitrogens with zero attached hydrogens (tertiary/aromatic N) is 3. The summed E-state index contributed by atoms with van der Waals surface area (Å²) in [7, 11) is 1.63. The highest BCUT2D eigenvalue weighted by atomic mass is 32.1. The van der Waals surface area contributed by atoms with E-state index in [4.69, 9.17) is 4.74 Å². The Kier molecular flexibility index (Phi) is 5.30. The van der Waals surface area contributed by atoms with Crippen LogP contribution < -0.4 is 10.1 Å². The van der Waals surface area contributed by atoms with Crippen LogP contribution in [0.1, 0.15) is 24.2 Å². The van der Waals surface area contributed by atoms with E-state index in [0.717, 1.165) is 48.2 Å². The highest BCUT2D eigenvalue weighted by Gasteiger charge is 2.24. The number of carbonyl (C=O) groups excluding carboxylic acids is 1. The molecule has 128 valence electrons. The predicted molar refractivity (Wildman–Crippen MR) is 94.6 cm³/mol. The Morgan fingerprint density at radius 1 is 1.38 bits per heavy atom. The number of nitrogens with one attached hydrogen (secondary N) is 1. The Hall–Kier alpha value is -2.15. The number of hydrogen-bond donors (Lipinski definition) is 1. The fourth-order valence-corrected chi connectivity index (χ4v) is 3.58. The van der Waals surface area contributed by atoms with Gasteiger partial charge in [0, 0.05) is 36.2 Å². The van der Waals surface area contributed by atoms with Crippen LogP contribution in [0.2, 0.25) is 0 Å². The molecule has 7 heteroatoms. The lowest BCUT2D eigenvalue weighted by Gasteiger charge is -2.32. The summed E-state index contributed by atoms with van der Waals surface area (Å²) in [6.07, 6.45) is 2.24. The van der Waals surface area contributed by atoms with Gasteiger partial charge >= 0.3 is 0 Å². The number of piperidine rings is 1. The van der Waals surface area contributed by atoms with Gasteiger partial charge in [-0.3, -0.25) is 4.79 Å². The first-order valence-electron chi connectivity index (χ1n) is 8.12. The summed E-state index contributed by atoms with van der Waals surface area (Å²) in [4.78, 5) is 18.8. The average molecular weight is 346 g/mol. The Morgan fingerprint density at radius 3 is 2.79 bits per heavy atom. The third kappa shape index (κ3) is 4.03. The molecule has 1 aliphatic rings. The topological polar surface area (TPSA) is 67.3 Å². The first-order chi connectivity index (χ1) is 11.7. The number of aryl methyl sites for hydroxylation is 1. The molecule has 1 aliphatic heterocycles. The lowest BCUT2D eigenvalue weighted by molar-refractivity contribution is -0.131. The molecule has 1 amide bonds. The van der Waals surface area contributed by atoms with Crippen molar-refractivity contribution < 1.29 is 9.53 Å². The Balaban J connectivity index is 1.51. The molecule has 1 aromatic carbocycles. The summed E-state index contributed by atoms with van der Waals surface area (Å²) < 4.78 is 9.51. The zero-order chi connectivity index (χ0) is 16.9. The van der Waals surface area contributed by atoms with Crippen LogP contribution in [0, 0.1) is 6.92 Å². The van der Waals surface area contributed by atoms with Gasteiger partial charge in [0.2, 0.25) is 11.0 Å². The quantitative estimate of drug-likeness (QED) is 0.901. The Bertz CT molecular complexity index is 695. The summed E-state index contributed by atoms with van der Waals surface area (Å²) in [5.74, 6) is 1.73. The van der Waals surface area contributed by atoms with E-state index in [9.17, 15) is 4.79 Å². The number of amides is 1. The molecule has 1 aromatic heterocycles. The highest BCUT2D eigenvalue weighted by Crippen LogP contribution is 2.21. The monoisotopic (exact) mass is 346 g/mol. The van der Waals surface area contributed by atoms with Crippen LogP contribution in [-0.2, 0) is 11.2 Å². The van der Waals surface area contributed by atoms with E-state index in [1.165, 1.54) is 11.5 Å². The maximum Gasteiger partial charge on any atom is 0.227 e. The summed E-state index contributed by atoms with van der Waals surface area (Å²) in [6, 6.07) is 8.04. The van der Waals surface area contributed by atoms with E-state index in [0.29, 0.717) is 12.5 Å². The van der Waals surface area contributed by atoms with Crippen molar-refractivity contribution in [1.29, 1.82) is 0 Å². The first kappa shape index (κ1) is 16.7. The van der Waals surface area contributed by atoms with Crippen LogP contribution in [0.5, 0.6) is 5.75 Å². The van der Waals surface area contributed by atoms with Crippen molar-refractivity contribution in [1.82, 2.24) is 14.3 Å². The molecule has 1 fully saturated rings. The van der Waals surface area contributed by atoms with Gasteiger partial charge in [0.1, 0.15) is 11.6 Å². The number of rotatable bonds is 5. The number of para-hydroxylation sites is 1. The number of methoxy groups -OCH3 is 1. The number of hydrogen-bond acceptors (Lipinski definition) is 6. The van der Waals surface area contributed by atoms with Gasteiger partial charge in [-0.25, -0.2) is 4.98 Å². The summed E-state index contributed by atoms with van der Waals surface area (Å²) in [6.45, 7) is 3.42. The molecule has 0 bridgehead atoms. The van der Waals surface area contributed by atoms with Crippen LogP contribution in [0.4, 0.5) is 5.13 Å². The highest BCUT2D eigenvalue weighted by molar-refractivity contribution is 7.09. The van der Waals surface area contributed by atoms with Crippen molar-refractivity contribution in [2.24, 2.45) is 0 Å². The third-order valence-corrected chi connectivity index (χ3v) is 4.97. The fraction of sp³-hybridized carbons (Fsp3) is 0.471. The standard InChI is InChI=1S/C17H22N4O2S/c1-12-18-17(24-20-12)19-14-7-9-21(10-8-14)16(22)11-13-5-3-4-6-15(13)23-2/h3-6,14H,7-11H2,1-2H3,(H,18,19,20). The van der Waals surface area contributed by atoms with Crippen molar-refractivity contribution in [3.63, 3.8) is 0 Å². The van der Waals surface area contributed by atoms with E-state index in [-0.39, 0.29) is 5.91 Å². The van der Waals surface area contributed by atoms with Gasteiger partial charge in [-0.1, -0.05) is 18.2 Å². The van der Waals surface area contributed by atoms with Gasteiger partial charge in [0.25, 0.3) is 0 Å². The molecule has 1 saturated heterocycles. The maximum absolute atomic E-state index is 12.5. The molecule has 0 atom stereocenters. The number of benzene rings is 1. The molecular formula is C17H22N4O2S. The molecule has 2 aromatic rings. The normalized spacial score (nSPS) is 15.3. The molecule has 0 unspecified atom stereocenters. The molecule has 2 heterocycles. The molecule has 0 aliphatic carbocycles. The van der Waals surface area contributed by atoms with Gasteiger partial charge in [-0.15, -0.1) is 0 Å². The Morgan fingerprint density at radius 2 is 2.12 bits per heavy atom. The number of likely N-dealkylation sites (tertiary alicyclic amines) is 1. The zero-order valence-corrected chi connectivity index (χ0v) is 14.8. The van der Waals surface area contributed by atoms with Crippen molar-refractivity contribution in [3.05, 3.63) is 35.7 Å². The van der Waals surface area contributed by atoms with E-state index >= 15 is 0 Å². The molecule has 3 rings (SSSR count). The van der Waals surface area contributed by atoms with Crippen molar-refractivity contribution in [2.45, 2.75) is 32.2 Å². The second kappa shape index (κ2) is 7.61. The molecule has 1 N–H and O–H groups in total. The van der Waals surface area contributed by atoms with Crippen LogP contribution >= 0.6 is 11.5 Å². The third-order valence-electron chi connectivity index (χ3n) is 4.24. The van der Waals surface area contributed by atoms with Gasteiger partial charge in [0.05, 0.1) is 13.5 Å². The van der Waals surface area contributed by atoms with E-state index < -0.39 is 0 Å². The van der Waals surface area contributed by atoms with Gasteiger partial charge in [-0.05, 0) is 25.8 Å². The first-order valence-corrected chi connectivity index (χ1v) is 8.89. The number of carbonyl (C=O) groups is 1. The summed E-state index contributed by atoms with van der Waals surface area (Å²) in [5.41, 5.74) is 0.939. The molecule has 0 radical (unpaired) electrons. The van der Waals surface area contributed by atoms with Crippen LogP contribution in [0.15, 0.2) is 24.3 Å². The van der Waals surface area contributed by atoms with Gasteiger partial charge in [0.15, 0.2) is 0 Å². The Labute approximate surface area is 146 Å². The maximum atomic E-state index is 12.5. The summed E-state index contributed by atoms with van der Waals surface area (Å²) in [5, 5.41) is 4.28. The number of anilines is 1. The second-order valence-electron chi connectivity index (χ2n) is 5.93. The minimum atomic E-state index is 0.157. The van der Waals surface area contributed by atoms with E-state index in [1.54, 1.807) is 7.11 Å². The molecule has 6 nitrogen and oxygen atoms in total. The smallest absolute Gasteiger partial charge is 0.227 e. The second-order valence-corrected chi connectivity index (χ2v) is 6.69. The molecule has 0 spiro atoms. The van der Waals surface area contributed by atoms with E-state index in [1.807, 2.05) is 36.1 Å². The molecule has 0 saturated carbocycles. The van der Waals surface area contributed by atoms with Crippen molar-refractivity contribution in [3.8, 4) is 5.75 Å². The van der Waals surface area contributed by atoms with Crippen LogP contribution in [0.25, 0.3) is 0 Å². The SMILES string of the molecule is COc1ccccc1CC(=O)N1CCC(Nc2nc(C)ns2)CC1. The average Bonchev–Trinajstić information content (AvgIpc) is 3.01. The minimum Gasteiger partial charge on any atom is -0.496 e. The van der Waals surface area contributed by atoms with Crippen molar-refractivity contribution >= 4 is 22.6 Å². The lowest BCUT2D eigenvalue weighted by atomic mass is 10.0. The minimum absolute atomic E-state index is 0.157. The molecule has 24 heavy (non-hydrogen) atoms. The van der Waals surface area contributed by atoms with Crippen LogP contribution in [0.3, 0.4) is 0 Å². The fourth-order valence-electron chi connectivity index (χ4n) is 2.93. The lowest BCUT2D eigenvalue weighted by Crippen LogP contribution is -2.43. The summed E-state index contributed by atoms with van der Waals surface area (Å²) >= 11 is 1.39. The van der Waals surface area contributed by atoms with Gasteiger partial charge in [-0.2, -0.15) is 4.37 Å². The predicted octanol–water partition coefficient (Wildman–Crippen LogP) is 2.50. The largest absolute Gasteiger partial charge is 0.496 e. The van der Waals surface area contributed by atoms with Gasteiger partial charge < -0.3 is 15.0 Å². The van der Waals surface area contributed by atoms with Crippen molar-refractivity contribution in [2.75, 3.05) is 25.5 Å². The zero-order valence-electron chi connectivity index (χ0n) is 14.0. The number of ether oxygens (including phenoxy) is 1. The van der Waals surface area contributed by atoms with Crippen LogP contribution in [-0.4, -0.2) is 46.4 Å². The number of aromatic nitrogens is 2. The van der Waals surface area contributed by atoms with E-state index in [2.05, 4.69) is 14.7 Å². The molecular weight excluding hydrogens is 324 g/mol.